The number of ether oxygens (including phenoxy) is 4. The normalized spacial score (nSPS) is 19.1. The number of alkyl halides is 1. The van der Waals surface area contributed by atoms with Gasteiger partial charge < -0.3 is 38.5 Å². The fourth-order valence-corrected chi connectivity index (χ4v) is 11.5. The van der Waals surface area contributed by atoms with Gasteiger partial charge in [-0.1, -0.05) is 66.2 Å². The number of nitrogens with one attached hydrogen (secondary N) is 1. The van der Waals surface area contributed by atoms with E-state index in [1.807, 2.05) is 39.9 Å². The van der Waals surface area contributed by atoms with Gasteiger partial charge in [-0.05, 0) is 101 Å². The number of allylic oxidation sites excluding steroid dienone is 8. The second-order valence-corrected chi connectivity index (χ2v) is 26.8. The summed E-state index contributed by atoms with van der Waals surface area (Å²) in [4.78, 5) is 50.7. The first-order valence-electron chi connectivity index (χ1n) is 25.6. The lowest BCUT2D eigenvalue weighted by atomic mass is 9.81. The molecule has 0 bridgehead atoms. The number of fused-ring (bicyclic) bond motifs is 2. The number of halogens is 1. The van der Waals surface area contributed by atoms with Gasteiger partial charge in [0.05, 0.1) is 69.9 Å². The summed E-state index contributed by atoms with van der Waals surface area (Å²) in [5.74, 6) is -1.44. The van der Waals surface area contributed by atoms with Gasteiger partial charge in [-0.25, -0.2) is 4.57 Å². The fourth-order valence-electron chi connectivity index (χ4n) is 9.53. The van der Waals surface area contributed by atoms with E-state index < -0.39 is 45.0 Å². The van der Waals surface area contributed by atoms with Crippen molar-refractivity contribution in [2.75, 3.05) is 106 Å². The number of amides is 1. The van der Waals surface area contributed by atoms with Crippen LogP contribution in [0.25, 0.3) is 0 Å². The molecule has 3 N–H and O–H groups in total. The summed E-state index contributed by atoms with van der Waals surface area (Å²) in [5.41, 5.74) is 6.65. The highest BCUT2D eigenvalue weighted by Gasteiger charge is 2.44. The van der Waals surface area contributed by atoms with Crippen LogP contribution >= 0.6 is 23.8 Å². The molecule has 2 aliphatic heterocycles. The Hall–Kier alpha value is -4.34. The van der Waals surface area contributed by atoms with Crippen LogP contribution < -0.4 is 10.2 Å². The number of quaternary nitrogens is 1. The number of anilines is 1. The first kappa shape index (κ1) is 62.5. The largest absolute Gasteiger partial charge is 0.472 e. The maximum absolute atomic E-state index is 13.2. The number of nitrogens with zero attached hydrogens (tertiary/aromatic N) is 3. The zero-order valence-corrected chi connectivity index (χ0v) is 49.4. The van der Waals surface area contributed by atoms with Crippen molar-refractivity contribution >= 4 is 68.8 Å². The number of rotatable bonds is 28. The molecule has 21 heteroatoms. The van der Waals surface area contributed by atoms with Crippen LogP contribution in [0.15, 0.2) is 94.6 Å². The van der Waals surface area contributed by atoms with Gasteiger partial charge in [-0.2, -0.15) is 13.0 Å². The van der Waals surface area contributed by atoms with Crippen LogP contribution in [0.4, 0.5) is 11.4 Å². The average Bonchev–Trinajstić information content (AvgIpc) is 3.66. The number of para-hydroxylation sites is 1. The highest BCUT2D eigenvalue weighted by atomic mass is 79.9. The van der Waals surface area contributed by atoms with E-state index in [2.05, 4.69) is 101 Å². The number of esters is 2. The van der Waals surface area contributed by atoms with Gasteiger partial charge in [0, 0.05) is 54.0 Å². The van der Waals surface area contributed by atoms with Crippen molar-refractivity contribution in [2.45, 2.75) is 101 Å². The van der Waals surface area contributed by atoms with Crippen LogP contribution in [0.3, 0.4) is 0 Å². The third-order valence-electron chi connectivity index (χ3n) is 13.6. The fraction of sp³-hybridized carbons (Fsp3) is 0.564. The highest BCUT2D eigenvalue weighted by Crippen LogP contribution is 2.49. The summed E-state index contributed by atoms with van der Waals surface area (Å²) in [6, 6.07) is 13.1. The third kappa shape index (κ3) is 17.3. The molecule has 76 heavy (non-hydrogen) atoms. The molecule has 3 aliphatic rings. The van der Waals surface area contributed by atoms with Crippen LogP contribution in [0.5, 0.6) is 0 Å². The van der Waals surface area contributed by atoms with E-state index >= 15 is 0 Å². The van der Waals surface area contributed by atoms with E-state index in [9.17, 15) is 36.8 Å². The Morgan fingerprint density at radius 1 is 0.855 bits per heavy atom. The van der Waals surface area contributed by atoms with E-state index in [1.165, 1.54) is 34.7 Å². The molecular formula is C55H80BrN4O14PS+2. The maximum atomic E-state index is 13.2. The number of hydrogen-bond acceptors (Lipinski definition) is 13. The summed E-state index contributed by atoms with van der Waals surface area (Å²) >= 11 is 3.36. The van der Waals surface area contributed by atoms with E-state index in [4.69, 9.17) is 28.0 Å². The number of carbonyl (C=O) groups is 3. The molecule has 2 atom stereocenters. The van der Waals surface area contributed by atoms with Crippen LogP contribution in [-0.4, -0.2) is 155 Å². The topological polar surface area (TPSA) is 217 Å². The Balaban J connectivity index is 1.04. The SMILES string of the molecule is C[N+]1=C(C=CC2=CC(=CC=C3N(CCC(=O)NCCOCCOCCOC(=O)C(C)(C)CC(C)(Br)C(=O)OCCOP(=O)(O)OCC[N+](C)(C)C)c4ccc(S(=O)(=O)O)cc4C3(C)C)CCC2)C(C)(C)c2ccccc21. The molecule has 0 saturated carbocycles. The van der Waals surface area contributed by atoms with Crippen molar-refractivity contribution in [3.05, 3.63) is 101 Å². The Bertz CT molecular complexity index is 2760. The van der Waals surface area contributed by atoms with Crippen molar-refractivity contribution < 1.29 is 73.9 Å². The minimum absolute atomic E-state index is 0.00715. The van der Waals surface area contributed by atoms with Crippen molar-refractivity contribution in [3.8, 4) is 0 Å². The minimum Gasteiger partial charge on any atom is -0.463 e. The third-order valence-corrected chi connectivity index (χ3v) is 16.1. The van der Waals surface area contributed by atoms with Gasteiger partial charge in [-0.15, -0.1) is 0 Å². The first-order valence-corrected chi connectivity index (χ1v) is 29.4. The zero-order valence-electron chi connectivity index (χ0n) is 46.1. The van der Waals surface area contributed by atoms with Crippen molar-refractivity contribution in [2.24, 2.45) is 5.41 Å². The molecule has 2 unspecified atom stereocenters. The van der Waals surface area contributed by atoms with E-state index in [0.29, 0.717) is 17.6 Å². The summed E-state index contributed by atoms with van der Waals surface area (Å²) in [5, 5.41) is 2.90. The molecular weight excluding hydrogens is 1080 g/mol. The van der Waals surface area contributed by atoms with Crippen LogP contribution in [0.2, 0.25) is 0 Å². The molecule has 5 rings (SSSR count). The van der Waals surface area contributed by atoms with Gasteiger partial charge in [0.2, 0.25) is 11.6 Å². The minimum atomic E-state index is -4.46. The Kier molecular flexibility index (Phi) is 21.4. The summed E-state index contributed by atoms with van der Waals surface area (Å²) in [7, 11) is -0.926. The quantitative estimate of drug-likeness (QED) is 0.0139. The molecule has 2 aromatic carbocycles. The van der Waals surface area contributed by atoms with Crippen molar-refractivity contribution in [1.82, 2.24) is 5.32 Å². The molecule has 0 fully saturated rings. The monoisotopic (exact) mass is 1160 g/mol. The molecule has 2 heterocycles. The Morgan fingerprint density at radius 2 is 1.50 bits per heavy atom. The summed E-state index contributed by atoms with van der Waals surface area (Å²) in [6.07, 6.45) is 13.9. The molecule has 420 valence electrons. The first-order chi connectivity index (χ1) is 35.4. The molecule has 1 amide bonds. The number of carbonyl (C=O) groups excluding carboxylic acids is 3. The maximum Gasteiger partial charge on any atom is 0.472 e. The lowest BCUT2D eigenvalue weighted by Gasteiger charge is -2.30. The summed E-state index contributed by atoms with van der Waals surface area (Å²) in [6.45, 7) is 14.5. The second-order valence-electron chi connectivity index (χ2n) is 22.2. The number of phosphoric ester groups is 1. The average molecular weight is 1160 g/mol. The molecule has 2 aromatic rings. The summed E-state index contributed by atoms with van der Waals surface area (Å²) < 4.78 is 79.7. The van der Waals surface area contributed by atoms with E-state index in [-0.39, 0.29) is 88.5 Å². The zero-order chi connectivity index (χ0) is 56.3. The Labute approximate surface area is 458 Å². The lowest BCUT2D eigenvalue weighted by Crippen LogP contribution is -2.40. The predicted molar refractivity (Wildman–Crippen MR) is 296 cm³/mol. The second kappa shape index (κ2) is 26.1. The number of likely N-dealkylation sites (N-methyl/N-ethyl adjacent to an activating group) is 1. The molecule has 0 aromatic heterocycles. The lowest BCUT2D eigenvalue weighted by molar-refractivity contribution is -0.870. The molecule has 0 saturated heterocycles. The molecule has 0 radical (unpaired) electrons. The van der Waals surface area contributed by atoms with Gasteiger partial charge >= 0.3 is 19.8 Å². The number of benzene rings is 2. The number of phosphoric acid groups is 1. The van der Waals surface area contributed by atoms with Gasteiger partial charge in [0.15, 0.2) is 5.71 Å². The smallest absolute Gasteiger partial charge is 0.463 e. The van der Waals surface area contributed by atoms with Crippen LogP contribution in [-0.2, 0) is 67.9 Å². The number of hydrogen-bond donors (Lipinski definition) is 3. The van der Waals surface area contributed by atoms with Gasteiger partial charge in [0.1, 0.15) is 37.7 Å². The Morgan fingerprint density at radius 3 is 2.18 bits per heavy atom. The van der Waals surface area contributed by atoms with E-state index in [1.54, 1.807) is 26.8 Å². The molecule has 1 aliphatic carbocycles. The predicted octanol–water partition coefficient (Wildman–Crippen LogP) is 8.25. The van der Waals surface area contributed by atoms with Gasteiger partial charge in [0.25, 0.3) is 10.1 Å². The van der Waals surface area contributed by atoms with Crippen molar-refractivity contribution in [3.63, 3.8) is 0 Å². The highest BCUT2D eigenvalue weighted by molar-refractivity contribution is 9.10. The van der Waals surface area contributed by atoms with Crippen molar-refractivity contribution in [1.29, 1.82) is 0 Å². The standard InChI is InChI=1S/C55H78BrN4O14PS/c1-52(2,39-55(7,56)51(63)72-35-36-74-75(64,65)73-30-28-60(9,10)11)50(62)71-34-33-70-32-31-69-29-26-57-49(61)25-27-59-46-22-21-42(76(66,67)68)38-44(46)54(5,6)48(59)24-20-41-16-14-15-40(37-41)19-23-47-53(3,4)43-17-12-13-18-45(43)58(47)8/h12-13,17-24,37-38H,14-16,25-36,39H2,1-11H3,(H-2,57,61,64,65,66,67,68)/p+2. The van der Waals surface area contributed by atoms with Gasteiger partial charge in [-0.3, -0.25) is 28.0 Å². The molecule has 18 nitrogen and oxygen atoms in total. The van der Waals surface area contributed by atoms with Crippen LogP contribution in [0.1, 0.15) is 91.7 Å². The molecule has 0 spiro atoms. The van der Waals surface area contributed by atoms with E-state index in [0.717, 1.165) is 41.8 Å². The van der Waals surface area contributed by atoms with Crippen LogP contribution in [0, 0.1) is 5.41 Å².